The van der Waals surface area contributed by atoms with Crippen LogP contribution in [0.1, 0.15) is 11.3 Å². The topological polar surface area (TPSA) is 90.7 Å². The van der Waals surface area contributed by atoms with Crippen molar-refractivity contribution in [2.75, 3.05) is 19.5 Å². The molecular weight excluding hydrogens is 319 g/mol. The van der Waals surface area contributed by atoms with Gasteiger partial charge in [-0.25, -0.2) is 0 Å². The number of non-ortho nitro benzene ring substituents is 1. The van der Waals surface area contributed by atoms with E-state index in [1.165, 1.54) is 26.4 Å². The molecule has 2 aromatic rings. The number of hydrogen-bond acceptors (Lipinski definition) is 6. The molecule has 0 saturated heterocycles. The quantitative estimate of drug-likeness (QED) is 0.463. The van der Waals surface area contributed by atoms with Gasteiger partial charge in [0.15, 0.2) is 5.78 Å². The van der Waals surface area contributed by atoms with Crippen LogP contribution in [0.15, 0.2) is 54.6 Å². The Kier molecular flexibility index (Phi) is 5.50. The Balaban J connectivity index is 2.35. The van der Waals surface area contributed by atoms with E-state index in [-0.39, 0.29) is 5.69 Å². The minimum Gasteiger partial charge on any atom is -0.368 e. The molecular formula is C15H17N2O5P. The van der Waals surface area contributed by atoms with Gasteiger partial charge < -0.3 is 14.4 Å². The molecule has 0 bridgehead atoms. The first kappa shape index (κ1) is 17.1. The normalized spacial score (nSPS) is 12.6. The van der Waals surface area contributed by atoms with E-state index in [0.717, 1.165) is 5.56 Å². The summed E-state index contributed by atoms with van der Waals surface area (Å²) >= 11 is 0. The lowest BCUT2D eigenvalue weighted by molar-refractivity contribution is -0.384. The average molecular weight is 336 g/mol. The van der Waals surface area contributed by atoms with Gasteiger partial charge in [-0.05, 0) is 17.7 Å². The summed E-state index contributed by atoms with van der Waals surface area (Å²) in [6.07, 6.45) is 0. The van der Waals surface area contributed by atoms with E-state index in [1.807, 2.05) is 18.2 Å². The summed E-state index contributed by atoms with van der Waals surface area (Å²) in [5.74, 6) is -0.736. The van der Waals surface area contributed by atoms with E-state index in [1.54, 1.807) is 24.3 Å². The largest absolute Gasteiger partial charge is 0.368 e. The van der Waals surface area contributed by atoms with Gasteiger partial charge in [0.1, 0.15) is 0 Å². The number of nitrogens with one attached hydrogen (secondary N) is 1. The van der Waals surface area contributed by atoms with Gasteiger partial charge >= 0.3 is 7.60 Å². The van der Waals surface area contributed by atoms with Crippen LogP contribution in [0.3, 0.4) is 0 Å². The van der Waals surface area contributed by atoms with E-state index >= 15 is 0 Å². The van der Waals surface area contributed by atoms with Gasteiger partial charge in [-0.15, -0.1) is 0 Å². The predicted octanol–water partition coefficient (Wildman–Crippen LogP) is 4.19. The van der Waals surface area contributed by atoms with Crippen LogP contribution in [-0.2, 0) is 13.6 Å². The third kappa shape index (κ3) is 3.96. The number of rotatable bonds is 7. The molecule has 0 aliphatic carbocycles. The summed E-state index contributed by atoms with van der Waals surface area (Å²) in [6.45, 7) is 0. The lowest BCUT2D eigenvalue weighted by atomic mass is 10.2. The minimum absolute atomic E-state index is 0.0199. The molecule has 7 nitrogen and oxygen atoms in total. The zero-order valence-corrected chi connectivity index (χ0v) is 13.6. The first-order valence-corrected chi connectivity index (χ1v) is 8.38. The molecule has 0 aliphatic rings. The third-order valence-corrected chi connectivity index (χ3v) is 5.40. The first-order valence-electron chi connectivity index (χ1n) is 6.77. The fourth-order valence-corrected chi connectivity index (χ4v) is 3.52. The maximum absolute atomic E-state index is 12.8. The van der Waals surface area contributed by atoms with Gasteiger partial charge in [0.2, 0.25) is 0 Å². The van der Waals surface area contributed by atoms with Gasteiger partial charge in [-0.3, -0.25) is 14.7 Å². The SMILES string of the molecule is COP(=O)(OC)[C@H](Nc1ccc([N+](=O)[O-])cc1)c1ccccc1. The maximum Gasteiger partial charge on any atom is 0.356 e. The van der Waals surface area contributed by atoms with Crippen LogP contribution < -0.4 is 5.32 Å². The highest BCUT2D eigenvalue weighted by atomic mass is 31.2. The Bertz CT molecular complexity index is 698. The molecule has 1 atom stereocenters. The minimum atomic E-state index is -3.45. The summed E-state index contributed by atoms with van der Waals surface area (Å²) in [4.78, 5) is 10.2. The standard InChI is InChI=1S/C15H17N2O5P/c1-21-23(20,22-2)15(12-6-4-3-5-7-12)16-13-8-10-14(11-9-13)17(18)19/h3-11,15-16H,1-2H3/t15-/m0/s1. The number of benzene rings is 2. The molecule has 2 rings (SSSR count). The Morgan fingerprint density at radius 3 is 2.09 bits per heavy atom. The van der Waals surface area contributed by atoms with Crippen LogP contribution in [-0.4, -0.2) is 19.1 Å². The molecule has 0 spiro atoms. The first-order chi connectivity index (χ1) is 11.0. The second-order valence-corrected chi connectivity index (χ2v) is 6.99. The van der Waals surface area contributed by atoms with Crippen LogP contribution in [0.25, 0.3) is 0 Å². The fraction of sp³-hybridized carbons (Fsp3) is 0.200. The van der Waals surface area contributed by atoms with Gasteiger partial charge in [-0.1, -0.05) is 30.3 Å². The molecule has 1 N–H and O–H groups in total. The van der Waals surface area contributed by atoms with Crippen molar-refractivity contribution in [1.82, 2.24) is 0 Å². The Labute approximate surface area is 133 Å². The molecule has 0 aromatic heterocycles. The Morgan fingerprint density at radius 1 is 1.04 bits per heavy atom. The maximum atomic E-state index is 12.8. The second kappa shape index (κ2) is 7.37. The molecule has 0 unspecified atom stereocenters. The Hall–Kier alpha value is -2.21. The molecule has 122 valence electrons. The van der Waals surface area contributed by atoms with Crippen molar-refractivity contribution in [2.24, 2.45) is 0 Å². The van der Waals surface area contributed by atoms with Crippen molar-refractivity contribution < 1.29 is 18.5 Å². The molecule has 0 saturated carbocycles. The molecule has 8 heteroatoms. The number of nitrogens with zero attached hydrogens (tertiary/aromatic N) is 1. The third-order valence-electron chi connectivity index (χ3n) is 3.32. The van der Waals surface area contributed by atoms with Crippen molar-refractivity contribution >= 4 is 19.0 Å². The highest BCUT2D eigenvalue weighted by molar-refractivity contribution is 7.54. The average Bonchev–Trinajstić information content (AvgIpc) is 2.60. The van der Waals surface area contributed by atoms with Crippen molar-refractivity contribution in [3.8, 4) is 0 Å². The zero-order valence-electron chi connectivity index (χ0n) is 12.7. The van der Waals surface area contributed by atoms with Gasteiger partial charge in [0.25, 0.3) is 5.69 Å². The lowest BCUT2D eigenvalue weighted by Crippen LogP contribution is -2.13. The van der Waals surface area contributed by atoms with Crippen molar-refractivity contribution in [3.63, 3.8) is 0 Å². The summed E-state index contributed by atoms with van der Waals surface area (Å²) in [5, 5.41) is 13.8. The van der Waals surface area contributed by atoms with Gasteiger partial charge in [0.05, 0.1) is 4.92 Å². The smallest absolute Gasteiger partial charge is 0.356 e. The second-order valence-electron chi connectivity index (χ2n) is 4.67. The number of nitro benzene ring substituents is 1. The van der Waals surface area contributed by atoms with Crippen LogP contribution in [0.2, 0.25) is 0 Å². The Morgan fingerprint density at radius 2 is 1.61 bits per heavy atom. The molecule has 2 aromatic carbocycles. The van der Waals surface area contributed by atoms with Crippen LogP contribution in [0.5, 0.6) is 0 Å². The van der Waals surface area contributed by atoms with E-state index in [0.29, 0.717) is 5.69 Å². The number of hydrogen-bond donors (Lipinski definition) is 1. The number of anilines is 1. The van der Waals surface area contributed by atoms with E-state index in [9.17, 15) is 14.7 Å². The zero-order chi connectivity index (χ0) is 16.9. The molecule has 0 aliphatic heterocycles. The van der Waals surface area contributed by atoms with E-state index in [4.69, 9.17) is 9.05 Å². The van der Waals surface area contributed by atoms with Gasteiger partial charge in [0, 0.05) is 32.0 Å². The van der Waals surface area contributed by atoms with Crippen LogP contribution in [0, 0.1) is 10.1 Å². The number of nitro groups is 1. The monoisotopic (exact) mass is 336 g/mol. The van der Waals surface area contributed by atoms with Gasteiger partial charge in [-0.2, -0.15) is 0 Å². The van der Waals surface area contributed by atoms with Crippen molar-refractivity contribution in [1.29, 1.82) is 0 Å². The highest BCUT2D eigenvalue weighted by Crippen LogP contribution is 2.59. The summed E-state index contributed by atoms with van der Waals surface area (Å²) in [7, 11) is -0.820. The molecule has 23 heavy (non-hydrogen) atoms. The molecule has 0 heterocycles. The summed E-state index contributed by atoms with van der Waals surface area (Å²) in [6, 6.07) is 14.9. The van der Waals surface area contributed by atoms with Crippen molar-refractivity contribution in [3.05, 3.63) is 70.3 Å². The van der Waals surface area contributed by atoms with E-state index < -0.39 is 18.3 Å². The molecule has 0 fully saturated rings. The summed E-state index contributed by atoms with van der Waals surface area (Å²) < 4.78 is 23.0. The predicted molar refractivity (Wildman–Crippen MR) is 87.5 cm³/mol. The van der Waals surface area contributed by atoms with Crippen molar-refractivity contribution in [2.45, 2.75) is 5.78 Å². The van der Waals surface area contributed by atoms with E-state index in [2.05, 4.69) is 5.32 Å². The molecule has 0 radical (unpaired) electrons. The van der Waals surface area contributed by atoms with Crippen LogP contribution in [0.4, 0.5) is 11.4 Å². The summed E-state index contributed by atoms with van der Waals surface area (Å²) in [5.41, 5.74) is 1.27. The lowest BCUT2D eigenvalue weighted by Gasteiger charge is -2.26. The molecule has 0 amide bonds. The highest BCUT2D eigenvalue weighted by Gasteiger charge is 2.35. The van der Waals surface area contributed by atoms with Crippen LogP contribution >= 0.6 is 7.60 Å². The fourth-order valence-electron chi connectivity index (χ4n) is 2.10.